The van der Waals surface area contributed by atoms with Crippen LogP contribution in [0.1, 0.15) is 6.92 Å². The van der Waals surface area contributed by atoms with Crippen LogP contribution in [-0.2, 0) is 17.8 Å². The molecule has 0 N–H and O–H groups in total. The lowest BCUT2D eigenvalue weighted by molar-refractivity contribution is 0.683. The summed E-state index contributed by atoms with van der Waals surface area (Å²) < 4.78 is 13.8. The zero-order valence-electron chi connectivity index (χ0n) is 9.55. The quantitative estimate of drug-likeness (QED) is 0.859. The molecule has 0 saturated heterocycles. The Morgan fingerprint density at radius 2 is 2.24 bits per heavy atom. The number of nitrogens with zero attached hydrogens (tertiary/aromatic N) is 3. The summed E-state index contributed by atoms with van der Waals surface area (Å²) in [6.45, 7) is 1.86. The van der Waals surface area contributed by atoms with Gasteiger partial charge in [-0.2, -0.15) is 0 Å². The van der Waals surface area contributed by atoms with Crippen molar-refractivity contribution in [3.05, 3.63) is 29.7 Å². The molecule has 1 unspecified atom stereocenters. The molecule has 17 heavy (non-hydrogen) atoms. The molecule has 0 amide bonds. The lowest BCUT2D eigenvalue weighted by Crippen LogP contribution is -2.02. The van der Waals surface area contributed by atoms with Crippen LogP contribution in [0.3, 0.4) is 0 Å². The summed E-state index contributed by atoms with van der Waals surface area (Å²) in [4.78, 5) is 9.09. The molecule has 0 radical (unpaired) electrons. The van der Waals surface area contributed by atoms with Gasteiger partial charge >= 0.3 is 0 Å². The minimum atomic E-state index is -1.11. The van der Waals surface area contributed by atoms with E-state index in [2.05, 4.69) is 9.97 Å². The first-order chi connectivity index (χ1) is 8.13. The molecule has 2 heterocycles. The summed E-state index contributed by atoms with van der Waals surface area (Å²) in [5, 5.41) is 0.486. The van der Waals surface area contributed by atoms with E-state index >= 15 is 0 Å². The Bertz CT molecular complexity index is 568. The van der Waals surface area contributed by atoms with Gasteiger partial charge < -0.3 is 4.57 Å². The molecule has 90 valence electrons. The Balaban J connectivity index is 2.62. The Hall–Kier alpha value is -1.20. The summed E-state index contributed by atoms with van der Waals surface area (Å²) in [5.41, 5.74) is 0.627. The standard InChI is InChI=1S/C11H12ClN3OS/c1-3-17(16)9-6-8(12)7-14-10(9)11-13-4-5-15(11)2/h4-7H,3H2,1-2H3. The average Bonchev–Trinajstić information content (AvgIpc) is 2.74. The van der Waals surface area contributed by atoms with Crippen molar-refractivity contribution >= 4 is 22.4 Å². The second-order valence-electron chi connectivity index (χ2n) is 3.50. The topological polar surface area (TPSA) is 47.8 Å². The first kappa shape index (κ1) is 12.3. The molecule has 0 aliphatic heterocycles. The van der Waals surface area contributed by atoms with Crippen LogP contribution in [0.4, 0.5) is 0 Å². The van der Waals surface area contributed by atoms with Gasteiger partial charge in [-0.1, -0.05) is 18.5 Å². The van der Waals surface area contributed by atoms with E-state index in [1.165, 1.54) is 0 Å². The fraction of sp³-hybridized carbons (Fsp3) is 0.273. The first-order valence-electron chi connectivity index (χ1n) is 5.15. The van der Waals surface area contributed by atoms with Gasteiger partial charge in [0.2, 0.25) is 0 Å². The van der Waals surface area contributed by atoms with Crippen molar-refractivity contribution in [1.29, 1.82) is 0 Å². The molecule has 2 aromatic rings. The second-order valence-corrected chi connectivity index (χ2v) is 5.64. The van der Waals surface area contributed by atoms with Crippen LogP contribution < -0.4 is 0 Å². The fourth-order valence-corrected chi connectivity index (χ4v) is 2.66. The van der Waals surface area contributed by atoms with Crippen molar-refractivity contribution in [3.63, 3.8) is 0 Å². The SMILES string of the molecule is CCS(=O)c1cc(Cl)cnc1-c1nccn1C. The van der Waals surface area contributed by atoms with Crippen molar-refractivity contribution in [2.24, 2.45) is 7.05 Å². The van der Waals surface area contributed by atoms with E-state index in [1.807, 2.05) is 24.7 Å². The van der Waals surface area contributed by atoms with Gasteiger partial charge in [0.05, 0.1) is 20.7 Å². The van der Waals surface area contributed by atoms with E-state index in [9.17, 15) is 4.21 Å². The molecule has 0 saturated carbocycles. The van der Waals surface area contributed by atoms with Gasteiger partial charge in [-0.05, 0) is 6.07 Å². The molecule has 0 fully saturated rings. The van der Waals surface area contributed by atoms with Crippen LogP contribution in [-0.4, -0.2) is 24.5 Å². The van der Waals surface area contributed by atoms with Crippen LogP contribution in [0.2, 0.25) is 5.02 Å². The average molecular weight is 270 g/mol. The first-order valence-corrected chi connectivity index (χ1v) is 6.84. The third-order valence-electron chi connectivity index (χ3n) is 2.36. The highest BCUT2D eigenvalue weighted by molar-refractivity contribution is 7.85. The largest absolute Gasteiger partial charge is 0.333 e. The summed E-state index contributed by atoms with van der Waals surface area (Å²) in [5.74, 6) is 1.22. The summed E-state index contributed by atoms with van der Waals surface area (Å²) in [6.07, 6.45) is 5.05. The number of aryl methyl sites for hydroxylation is 1. The van der Waals surface area contributed by atoms with Gasteiger partial charge in [0.1, 0.15) is 5.69 Å². The lowest BCUT2D eigenvalue weighted by Gasteiger charge is -2.07. The molecule has 2 rings (SSSR count). The van der Waals surface area contributed by atoms with Gasteiger partial charge in [0.15, 0.2) is 5.82 Å². The van der Waals surface area contributed by atoms with Crippen LogP contribution in [0.15, 0.2) is 29.6 Å². The van der Waals surface area contributed by atoms with Crippen molar-refractivity contribution in [1.82, 2.24) is 14.5 Å². The van der Waals surface area contributed by atoms with Crippen LogP contribution in [0.5, 0.6) is 0 Å². The van der Waals surface area contributed by atoms with Gasteiger partial charge in [-0.15, -0.1) is 0 Å². The van der Waals surface area contributed by atoms with Gasteiger partial charge in [-0.3, -0.25) is 9.19 Å². The number of hydrogen-bond acceptors (Lipinski definition) is 3. The number of halogens is 1. The van der Waals surface area contributed by atoms with Crippen LogP contribution >= 0.6 is 11.6 Å². The third kappa shape index (κ3) is 2.40. The molecular formula is C11H12ClN3OS. The Morgan fingerprint density at radius 3 is 2.82 bits per heavy atom. The van der Waals surface area contributed by atoms with Gasteiger partial charge in [0, 0.05) is 31.4 Å². The smallest absolute Gasteiger partial charge is 0.159 e. The highest BCUT2D eigenvalue weighted by Gasteiger charge is 2.15. The monoisotopic (exact) mass is 269 g/mol. The van der Waals surface area contributed by atoms with Crippen molar-refractivity contribution < 1.29 is 4.21 Å². The number of imidazole rings is 1. The zero-order chi connectivity index (χ0) is 12.4. The van der Waals surface area contributed by atoms with Gasteiger partial charge in [-0.25, -0.2) is 4.98 Å². The fourth-order valence-electron chi connectivity index (χ4n) is 1.51. The van der Waals surface area contributed by atoms with E-state index < -0.39 is 10.8 Å². The molecule has 0 aliphatic rings. The maximum absolute atomic E-state index is 12.0. The minimum absolute atomic E-state index is 0.486. The maximum Gasteiger partial charge on any atom is 0.159 e. The number of pyridine rings is 1. The summed E-state index contributed by atoms with van der Waals surface area (Å²) >= 11 is 5.89. The molecule has 0 aromatic carbocycles. The normalized spacial score (nSPS) is 12.6. The number of aromatic nitrogens is 3. The molecule has 4 nitrogen and oxygen atoms in total. The molecule has 2 aromatic heterocycles. The van der Waals surface area contributed by atoms with Crippen molar-refractivity contribution in [2.45, 2.75) is 11.8 Å². The molecule has 0 spiro atoms. The van der Waals surface area contributed by atoms with E-state index in [0.717, 1.165) is 0 Å². The van der Waals surface area contributed by atoms with Crippen LogP contribution in [0.25, 0.3) is 11.5 Å². The third-order valence-corrected chi connectivity index (χ3v) is 3.89. The zero-order valence-corrected chi connectivity index (χ0v) is 11.1. The van der Waals surface area contributed by atoms with E-state index in [4.69, 9.17) is 11.6 Å². The van der Waals surface area contributed by atoms with Gasteiger partial charge in [0.25, 0.3) is 0 Å². The highest BCUT2D eigenvalue weighted by atomic mass is 35.5. The lowest BCUT2D eigenvalue weighted by atomic mass is 10.3. The summed E-state index contributed by atoms with van der Waals surface area (Å²) in [6, 6.07) is 1.69. The highest BCUT2D eigenvalue weighted by Crippen LogP contribution is 2.25. The predicted octanol–water partition coefficient (Wildman–Crippen LogP) is 2.26. The van der Waals surface area contributed by atoms with Crippen molar-refractivity contribution in [3.8, 4) is 11.5 Å². The minimum Gasteiger partial charge on any atom is -0.333 e. The molecule has 6 heteroatoms. The van der Waals surface area contributed by atoms with E-state index in [0.29, 0.717) is 27.2 Å². The molecular weight excluding hydrogens is 258 g/mol. The second kappa shape index (κ2) is 4.98. The molecule has 0 aliphatic carbocycles. The Labute approximate surface area is 107 Å². The van der Waals surface area contributed by atoms with Crippen molar-refractivity contribution in [2.75, 3.05) is 5.75 Å². The predicted molar refractivity (Wildman–Crippen MR) is 68.4 cm³/mol. The maximum atomic E-state index is 12.0. The van der Waals surface area contributed by atoms with Crippen LogP contribution in [0, 0.1) is 0 Å². The molecule has 1 atom stereocenters. The Kier molecular flexibility index (Phi) is 3.59. The van der Waals surface area contributed by atoms with E-state index in [-0.39, 0.29) is 0 Å². The van der Waals surface area contributed by atoms with E-state index in [1.54, 1.807) is 18.5 Å². The number of hydrogen-bond donors (Lipinski definition) is 0. The number of rotatable bonds is 3. The molecule has 0 bridgehead atoms. The Morgan fingerprint density at radius 1 is 1.47 bits per heavy atom. The summed E-state index contributed by atoms with van der Waals surface area (Å²) in [7, 11) is 0.767.